The molecule has 1 amide bonds. The first-order chi connectivity index (χ1) is 10.6. The van der Waals surface area contributed by atoms with E-state index in [9.17, 15) is 4.79 Å². The summed E-state index contributed by atoms with van der Waals surface area (Å²) in [7, 11) is 3.04. The Bertz CT molecular complexity index is 519. The van der Waals surface area contributed by atoms with E-state index in [1.165, 1.54) is 14.2 Å². The van der Waals surface area contributed by atoms with Crippen LogP contribution < -0.4 is 20.1 Å². The number of piperidine rings is 1. The van der Waals surface area contributed by atoms with Gasteiger partial charge in [0, 0.05) is 6.07 Å². The van der Waals surface area contributed by atoms with Crippen molar-refractivity contribution >= 4 is 23.2 Å². The van der Waals surface area contributed by atoms with Crippen molar-refractivity contribution in [3.05, 3.63) is 17.2 Å². The summed E-state index contributed by atoms with van der Waals surface area (Å²) < 4.78 is 16.0. The van der Waals surface area contributed by atoms with Crippen molar-refractivity contribution < 1.29 is 19.0 Å². The van der Waals surface area contributed by atoms with E-state index >= 15 is 0 Å². The Balaban J connectivity index is 1.94. The standard InChI is InChI=1S/C15H21ClN2O4/c1-20-13-8-14(21-2)12(7-11(13)16)18-15(19)9-22-10-3-5-17-6-4-10/h7-8,10,17H,3-6,9H2,1-2H3,(H,18,19). The van der Waals surface area contributed by atoms with Crippen molar-refractivity contribution in [2.24, 2.45) is 0 Å². The fraction of sp³-hybridized carbons (Fsp3) is 0.533. The number of rotatable bonds is 6. The van der Waals surface area contributed by atoms with Crippen molar-refractivity contribution in [1.82, 2.24) is 5.32 Å². The third kappa shape index (κ3) is 4.50. The molecule has 122 valence electrons. The maximum absolute atomic E-state index is 12.0. The Kier molecular flexibility index (Phi) is 6.30. The highest BCUT2D eigenvalue weighted by Gasteiger charge is 2.16. The molecule has 1 aromatic carbocycles. The number of nitrogens with one attached hydrogen (secondary N) is 2. The van der Waals surface area contributed by atoms with Gasteiger partial charge in [-0.3, -0.25) is 4.79 Å². The monoisotopic (exact) mass is 328 g/mol. The highest BCUT2D eigenvalue weighted by atomic mass is 35.5. The molecule has 0 aliphatic carbocycles. The first-order valence-electron chi connectivity index (χ1n) is 7.17. The third-order valence-electron chi connectivity index (χ3n) is 3.48. The van der Waals surface area contributed by atoms with Gasteiger partial charge in [0.15, 0.2) is 0 Å². The zero-order chi connectivity index (χ0) is 15.9. The maximum atomic E-state index is 12.0. The molecule has 22 heavy (non-hydrogen) atoms. The summed E-state index contributed by atoms with van der Waals surface area (Å²) in [6.45, 7) is 1.86. The molecule has 1 aromatic rings. The van der Waals surface area contributed by atoms with Gasteiger partial charge >= 0.3 is 0 Å². The first kappa shape index (κ1) is 16.9. The van der Waals surface area contributed by atoms with Crippen LogP contribution in [-0.4, -0.2) is 45.9 Å². The van der Waals surface area contributed by atoms with Crippen LogP contribution in [0.4, 0.5) is 5.69 Å². The molecule has 6 nitrogen and oxygen atoms in total. The fourth-order valence-electron chi connectivity index (χ4n) is 2.30. The van der Waals surface area contributed by atoms with Gasteiger partial charge in [-0.2, -0.15) is 0 Å². The highest BCUT2D eigenvalue weighted by Crippen LogP contribution is 2.35. The van der Waals surface area contributed by atoms with Crippen molar-refractivity contribution in [3.63, 3.8) is 0 Å². The molecule has 0 aromatic heterocycles. The van der Waals surface area contributed by atoms with Crippen LogP contribution in [0.5, 0.6) is 11.5 Å². The zero-order valence-corrected chi connectivity index (χ0v) is 13.5. The molecule has 0 spiro atoms. The normalized spacial score (nSPS) is 15.4. The molecule has 1 aliphatic heterocycles. The smallest absolute Gasteiger partial charge is 0.250 e. The Morgan fingerprint density at radius 2 is 1.95 bits per heavy atom. The van der Waals surface area contributed by atoms with E-state index in [1.807, 2.05) is 0 Å². The van der Waals surface area contributed by atoms with Crippen molar-refractivity contribution in [2.75, 3.05) is 39.2 Å². The van der Waals surface area contributed by atoms with Crippen molar-refractivity contribution in [3.8, 4) is 11.5 Å². The molecule has 2 rings (SSSR count). The minimum Gasteiger partial charge on any atom is -0.495 e. The molecule has 2 N–H and O–H groups in total. The average Bonchev–Trinajstić information content (AvgIpc) is 2.54. The Morgan fingerprint density at radius 1 is 1.27 bits per heavy atom. The predicted molar refractivity (Wildman–Crippen MR) is 85.0 cm³/mol. The number of halogens is 1. The van der Waals surface area contributed by atoms with Crippen LogP contribution >= 0.6 is 11.6 Å². The van der Waals surface area contributed by atoms with Crippen LogP contribution in [0.15, 0.2) is 12.1 Å². The molecule has 0 radical (unpaired) electrons. The van der Waals surface area contributed by atoms with Crippen LogP contribution in [-0.2, 0) is 9.53 Å². The van der Waals surface area contributed by atoms with Crippen LogP contribution in [0.2, 0.25) is 5.02 Å². The van der Waals surface area contributed by atoms with Crippen LogP contribution in [0.3, 0.4) is 0 Å². The second kappa shape index (κ2) is 8.22. The molecular formula is C15H21ClN2O4. The van der Waals surface area contributed by atoms with E-state index in [2.05, 4.69) is 10.6 Å². The topological polar surface area (TPSA) is 68.8 Å². The van der Waals surface area contributed by atoms with Crippen molar-refractivity contribution in [2.45, 2.75) is 18.9 Å². The van der Waals surface area contributed by atoms with Gasteiger partial charge in [-0.25, -0.2) is 0 Å². The van der Waals surface area contributed by atoms with Gasteiger partial charge in [0.25, 0.3) is 0 Å². The minimum absolute atomic E-state index is 0.0114. The Labute approximate surface area is 135 Å². The van der Waals surface area contributed by atoms with Gasteiger partial charge in [0.1, 0.15) is 18.1 Å². The molecule has 0 bridgehead atoms. The number of anilines is 1. The zero-order valence-electron chi connectivity index (χ0n) is 12.8. The van der Waals surface area contributed by atoms with Gasteiger partial charge in [-0.1, -0.05) is 11.6 Å². The number of carbonyl (C=O) groups is 1. The summed E-state index contributed by atoms with van der Waals surface area (Å²) in [6, 6.07) is 3.23. The van der Waals surface area contributed by atoms with E-state index < -0.39 is 0 Å². The van der Waals surface area contributed by atoms with E-state index in [4.69, 9.17) is 25.8 Å². The Hall–Kier alpha value is -1.50. The van der Waals surface area contributed by atoms with Gasteiger partial charge in [-0.15, -0.1) is 0 Å². The van der Waals surface area contributed by atoms with Crippen LogP contribution in [0.25, 0.3) is 0 Å². The lowest BCUT2D eigenvalue weighted by Crippen LogP contribution is -2.34. The fourth-order valence-corrected chi connectivity index (χ4v) is 2.54. The maximum Gasteiger partial charge on any atom is 0.250 e. The van der Waals surface area contributed by atoms with Crippen LogP contribution in [0.1, 0.15) is 12.8 Å². The quantitative estimate of drug-likeness (QED) is 0.836. The number of ether oxygens (including phenoxy) is 3. The van der Waals surface area contributed by atoms with Crippen LogP contribution in [0, 0.1) is 0 Å². The van der Waals surface area contributed by atoms with E-state index in [0.717, 1.165) is 25.9 Å². The molecular weight excluding hydrogens is 308 g/mol. The average molecular weight is 329 g/mol. The number of benzene rings is 1. The molecule has 0 unspecified atom stereocenters. The van der Waals surface area contributed by atoms with E-state index in [-0.39, 0.29) is 18.6 Å². The minimum atomic E-state index is -0.238. The lowest BCUT2D eigenvalue weighted by Gasteiger charge is -2.22. The lowest BCUT2D eigenvalue weighted by molar-refractivity contribution is -0.123. The molecule has 1 fully saturated rings. The SMILES string of the molecule is COc1cc(OC)c(NC(=O)COC2CCNCC2)cc1Cl. The number of hydrogen-bond donors (Lipinski definition) is 2. The van der Waals surface area contributed by atoms with Gasteiger partial charge in [0.2, 0.25) is 5.91 Å². The van der Waals surface area contributed by atoms with E-state index in [1.54, 1.807) is 12.1 Å². The summed E-state index contributed by atoms with van der Waals surface area (Å²) in [5.41, 5.74) is 0.493. The summed E-state index contributed by atoms with van der Waals surface area (Å²) in [5, 5.41) is 6.40. The molecule has 0 saturated carbocycles. The van der Waals surface area contributed by atoms with Gasteiger partial charge < -0.3 is 24.8 Å². The highest BCUT2D eigenvalue weighted by molar-refractivity contribution is 6.32. The summed E-state index contributed by atoms with van der Waals surface area (Å²) in [5.74, 6) is 0.733. The summed E-state index contributed by atoms with van der Waals surface area (Å²) in [4.78, 5) is 12.0. The summed E-state index contributed by atoms with van der Waals surface area (Å²) in [6.07, 6.45) is 1.98. The molecule has 0 atom stereocenters. The largest absolute Gasteiger partial charge is 0.495 e. The molecule has 7 heteroatoms. The number of carbonyl (C=O) groups excluding carboxylic acids is 1. The molecule has 1 saturated heterocycles. The number of amides is 1. The Morgan fingerprint density at radius 3 is 2.59 bits per heavy atom. The van der Waals surface area contributed by atoms with Crippen molar-refractivity contribution in [1.29, 1.82) is 0 Å². The van der Waals surface area contributed by atoms with Gasteiger partial charge in [0.05, 0.1) is 31.0 Å². The third-order valence-corrected chi connectivity index (χ3v) is 3.78. The lowest BCUT2D eigenvalue weighted by atomic mass is 10.1. The summed E-state index contributed by atoms with van der Waals surface area (Å²) >= 11 is 6.07. The van der Waals surface area contributed by atoms with Gasteiger partial charge in [-0.05, 0) is 32.0 Å². The second-order valence-electron chi connectivity index (χ2n) is 5.00. The molecule has 1 aliphatic rings. The molecule has 1 heterocycles. The van der Waals surface area contributed by atoms with E-state index in [0.29, 0.717) is 22.2 Å². The second-order valence-corrected chi connectivity index (χ2v) is 5.40. The number of hydrogen-bond acceptors (Lipinski definition) is 5. The first-order valence-corrected chi connectivity index (χ1v) is 7.55. The number of methoxy groups -OCH3 is 2. The predicted octanol–water partition coefficient (Wildman–Crippen LogP) is 2.06.